The molecule has 0 fully saturated rings. The average molecular weight is 221 g/mol. The maximum absolute atomic E-state index is 5.63. The summed E-state index contributed by atoms with van der Waals surface area (Å²) < 4.78 is 10.8. The smallest absolute Gasteiger partial charge is 0.144 e. The van der Waals surface area contributed by atoms with Crippen molar-refractivity contribution in [3.63, 3.8) is 0 Å². The van der Waals surface area contributed by atoms with Crippen LogP contribution in [0.1, 0.15) is 6.42 Å². The van der Waals surface area contributed by atoms with E-state index in [4.69, 9.17) is 9.47 Å². The molecular weight excluding hydrogens is 209 g/mol. The number of thiol groups is 1. The van der Waals surface area contributed by atoms with Crippen molar-refractivity contribution >= 4 is 36.7 Å². The highest BCUT2D eigenvalue weighted by molar-refractivity contribution is 7.97. The van der Waals surface area contributed by atoms with Crippen LogP contribution in [0.15, 0.2) is 17.1 Å². The fourth-order valence-corrected chi connectivity index (χ4v) is 1.75. The Kier molecular flexibility index (Phi) is 2.91. The Morgan fingerprint density at radius 3 is 3.07 bits per heavy atom. The topological polar surface area (TPSA) is 30.8 Å². The summed E-state index contributed by atoms with van der Waals surface area (Å²) in [5.41, 5.74) is 1.84. The molecule has 5 heteroatoms. The molecular formula is C10H12BNO2S. The molecule has 1 aliphatic heterocycles. The molecule has 3 nitrogen and oxygen atoms in total. The van der Waals surface area contributed by atoms with Gasteiger partial charge in [0.2, 0.25) is 0 Å². The minimum Gasteiger partial charge on any atom is -0.497 e. The molecule has 0 N–H and O–H groups in total. The maximum Gasteiger partial charge on any atom is 0.144 e. The van der Waals surface area contributed by atoms with E-state index in [0.717, 1.165) is 34.1 Å². The Hall–Kier alpha value is -1.10. The van der Waals surface area contributed by atoms with Gasteiger partial charge in [0.05, 0.1) is 18.8 Å². The van der Waals surface area contributed by atoms with E-state index in [0.29, 0.717) is 6.61 Å². The van der Waals surface area contributed by atoms with E-state index < -0.39 is 0 Å². The van der Waals surface area contributed by atoms with Crippen molar-refractivity contribution in [3.8, 4) is 11.5 Å². The number of methoxy groups -OCH3 is 1. The highest BCUT2D eigenvalue weighted by atomic mass is 32.1. The van der Waals surface area contributed by atoms with Crippen molar-refractivity contribution in [2.24, 2.45) is 4.99 Å². The Labute approximate surface area is 95.3 Å². The minimum absolute atomic E-state index is 0.627. The predicted octanol–water partition coefficient (Wildman–Crippen LogP) is 0.696. The molecule has 78 valence electrons. The zero-order chi connectivity index (χ0) is 10.8. The van der Waals surface area contributed by atoms with Gasteiger partial charge in [0.15, 0.2) is 0 Å². The molecule has 1 aromatic rings. The lowest BCUT2D eigenvalue weighted by Gasteiger charge is -2.10. The predicted molar refractivity (Wildman–Crippen MR) is 67.4 cm³/mol. The first-order valence-electron chi connectivity index (χ1n) is 4.78. The van der Waals surface area contributed by atoms with Gasteiger partial charge in [-0.05, 0) is 11.5 Å². The molecule has 0 spiro atoms. The molecule has 1 aliphatic rings. The van der Waals surface area contributed by atoms with Crippen LogP contribution in [-0.2, 0) is 0 Å². The molecule has 0 aliphatic carbocycles. The number of ether oxygens (including phenoxy) is 2. The number of nitrogens with zero attached hydrogens (tertiary/aromatic N) is 1. The number of benzene rings is 1. The highest BCUT2D eigenvalue weighted by Crippen LogP contribution is 2.32. The second-order valence-corrected chi connectivity index (χ2v) is 3.94. The third kappa shape index (κ3) is 2.12. The minimum atomic E-state index is 0.627. The van der Waals surface area contributed by atoms with Gasteiger partial charge in [-0.15, -0.1) is 12.6 Å². The Balaban J connectivity index is 2.54. The molecule has 1 heterocycles. The Morgan fingerprint density at radius 2 is 2.33 bits per heavy atom. The summed E-state index contributed by atoms with van der Waals surface area (Å²) in [5, 5.41) is 0.793. The lowest BCUT2D eigenvalue weighted by atomic mass is 9.94. The molecule has 0 saturated heterocycles. The number of fused-ring (bicyclic) bond motifs is 1. The van der Waals surface area contributed by atoms with E-state index in [1.807, 2.05) is 20.0 Å². The van der Waals surface area contributed by atoms with Crippen LogP contribution in [0.25, 0.3) is 0 Å². The summed E-state index contributed by atoms with van der Waals surface area (Å²) in [7, 11) is 3.63. The summed E-state index contributed by atoms with van der Waals surface area (Å²) >= 11 is 4.28. The van der Waals surface area contributed by atoms with Gasteiger partial charge in [-0.3, -0.25) is 0 Å². The van der Waals surface area contributed by atoms with E-state index in [2.05, 4.69) is 17.6 Å². The van der Waals surface area contributed by atoms with Crippen LogP contribution in [0.2, 0.25) is 0 Å². The van der Waals surface area contributed by atoms with Crippen molar-refractivity contribution in [3.05, 3.63) is 12.1 Å². The fraction of sp³-hybridized carbons (Fsp3) is 0.300. The van der Waals surface area contributed by atoms with Gasteiger partial charge in [0, 0.05) is 12.5 Å². The van der Waals surface area contributed by atoms with Gasteiger partial charge in [-0.2, -0.15) is 0 Å². The number of hydrogen-bond donors (Lipinski definition) is 1. The summed E-state index contributed by atoms with van der Waals surface area (Å²) in [5.74, 6) is 1.63. The molecule has 0 radical (unpaired) electrons. The van der Waals surface area contributed by atoms with Gasteiger partial charge in [-0.1, -0.05) is 0 Å². The van der Waals surface area contributed by atoms with Gasteiger partial charge >= 0.3 is 0 Å². The maximum atomic E-state index is 5.63. The lowest BCUT2D eigenvalue weighted by Crippen LogP contribution is -2.10. The van der Waals surface area contributed by atoms with Crippen molar-refractivity contribution in [1.82, 2.24) is 0 Å². The van der Waals surface area contributed by atoms with Crippen molar-refractivity contribution in [2.45, 2.75) is 6.42 Å². The molecule has 0 bridgehead atoms. The second-order valence-electron chi connectivity index (χ2n) is 3.42. The standard InChI is InChI=1S/C10H12BNO2S/c1-13-6-4-7(11)10-8(5-6)12-9(15)2-3-14-10/h4-5H,2-3,11H2,1H3,(H,12,15). The molecule has 0 atom stereocenters. The monoisotopic (exact) mass is 221 g/mol. The molecule has 0 amide bonds. The molecule has 15 heavy (non-hydrogen) atoms. The van der Waals surface area contributed by atoms with E-state index in [1.54, 1.807) is 7.11 Å². The SMILES string of the molecule is Bc1cc(OC)cc2c1OCCC(S)=N2. The summed E-state index contributed by atoms with van der Waals surface area (Å²) in [6.45, 7) is 0.627. The van der Waals surface area contributed by atoms with Crippen LogP contribution in [0.5, 0.6) is 11.5 Å². The average Bonchev–Trinajstić information content (AvgIpc) is 2.39. The molecule has 1 aromatic carbocycles. The van der Waals surface area contributed by atoms with E-state index in [9.17, 15) is 0 Å². The largest absolute Gasteiger partial charge is 0.497 e. The quantitative estimate of drug-likeness (QED) is 0.558. The van der Waals surface area contributed by atoms with Crippen molar-refractivity contribution in [1.29, 1.82) is 0 Å². The zero-order valence-electron chi connectivity index (χ0n) is 8.78. The lowest BCUT2D eigenvalue weighted by molar-refractivity contribution is 0.335. The van der Waals surface area contributed by atoms with Crippen LogP contribution in [-0.4, -0.2) is 26.6 Å². The number of aliphatic imine (C=N–C) groups is 1. The van der Waals surface area contributed by atoms with E-state index >= 15 is 0 Å². The van der Waals surface area contributed by atoms with Gasteiger partial charge in [-0.25, -0.2) is 4.99 Å². The van der Waals surface area contributed by atoms with Gasteiger partial charge in [0.25, 0.3) is 0 Å². The molecule has 0 unspecified atom stereocenters. The second kappa shape index (κ2) is 4.19. The third-order valence-corrected chi connectivity index (χ3v) is 2.61. The summed E-state index contributed by atoms with van der Waals surface area (Å²) in [4.78, 5) is 4.38. The van der Waals surface area contributed by atoms with Crippen LogP contribution < -0.4 is 14.9 Å². The third-order valence-electron chi connectivity index (χ3n) is 2.29. The molecule has 0 aromatic heterocycles. The van der Waals surface area contributed by atoms with E-state index in [1.165, 1.54) is 0 Å². The summed E-state index contributed by atoms with van der Waals surface area (Å²) in [6.07, 6.45) is 0.750. The number of hydrogen-bond acceptors (Lipinski definition) is 3. The van der Waals surface area contributed by atoms with Gasteiger partial charge < -0.3 is 9.47 Å². The first kappa shape index (κ1) is 10.4. The van der Waals surface area contributed by atoms with Crippen LogP contribution >= 0.6 is 12.6 Å². The Morgan fingerprint density at radius 1 is 1.53 bits per heavy atom. The van der Waals surface area contributed by atoms with Crippen LogP contribution in [0, 0.1) is 0 Å². The Bertz CT molecular complexity index is 420. The number of rotatable bonds is 1. The van der Waals surface area contributed by atoms with Gasteiger partial charge in [0.1, 0.15) is 25.0 Å². The first-order valence-corrected chi connectivity index (χ1v) is 5.23. The van der Waals surface area contributed by atoms with Crippen LogP contribution in [0.4, 0.5) is 5.69 Å². The molecule has 2 rings (SSSR count). The van der Waals surface area contributed by atoms with Crippen molar-refractivity contribution < 1.29 is 9.47 Å². The van der Waals surface area contributed by atoms with Crippen molar-refractivity contribution in [2.75, 3.05) is 13.7 Å². The van der Waals surface area contributed by atoms with E-state index in [-0.39, 0.29) is 0 Å². The normalized spacial score (nSPS) is 14.7. The summed E-state index contributed by atoms with van der Waals surface area (Å²) in [6, 6.07) is 3.81. The molecule has 0 saturated carbocycles. The van der Waals surface area contributed by atoms with Crippen LogP contribution in [0.3, 0.4) is 0 Å². The first-order chi connectivity index (χ1) is 7.20. The zero-order valence-corrected chi connectivity index (χ0v) is 9.67. The fourth-order valence-electron chi connectivity index (χ4n) is 1.55. The highest BCUT2D eigenvalue weighted by Gasteiger charge is 2.13.